The molecule has 0 fully saturated rings. The third-order valence-electron chi connectivity index (χ3n) is 3.40. The molecule has 0 spiro atoms. The number of aryl methyl sites for hydroxylation is 1. The summed E-state index contributed by atoms with van der Waals surface area (Å²) in [6.07, 6.45) is 1.35. The third-order valence-corrected chi connectivity index (χ3v) is 3.63. The number of nitrogens with one attached hydrogen (secondary N) is 1. The number of nitrogens with zero attached hydrogens (tertiary/aromatic N) is 2. The van der Waals surface area contributed by atoms with Crippen molar-refractivity contribution >= 4 is 23.2 Å². The predicted octanol–water partition coefficient (Wildman–Crippen LogP) is 2.49. The van der Waals surface area contributed by atoms with Crippen molar-refractivity contribution in [2.75, 3.05) is 5.32 Å². The van der Waals surface area contributed by atoms with E-state index in [0.29, 0.717) is 0 Å². The summed E-state index contributed by atoms with van der Waals surface area (Å²) in [5.41, 5.74) is -1.02. The van der Waals surface area contributed by atoms with Crippen LogP contribution in [0.5, 0.6) is 0 Å². The normalized spacial score (nSPS) is 11.3. The van der Waals surface area contributed by atoms with Gasteiger partial charge in [0, 0.05) is 23.7 Å². The molecule has 0 unspecified atom stereocenters. The zero-order chi connectivity index (χ0) is 16.5. The van der Waals surface area contributed by atoms with Gasteiger partial charge in [0.15, 0.2) is 0 Å². The molecule has 1 heterocycles. The Labute approximate surface area is 131 Å². The van der Waals surface area contributed by atoms with E-state index in [1.807, 2.05) is 0 Å². The van der Waals surface area contributed by atoms with Crippen LogP contribution in [0.15, 0.2) is 35.3 Å². The van der Waals surface area contributed by atoms with Crippen LogP contribution in [-0.2, 0) is 17.3 Å². The lowest BCUT2D eigenvalue weighted by atomic mass is 9.83. The number of hydrogen-bond donors (Lipinski definition) is 1. The number of anilines is 1. The van der Waals surface area contributed by atoms with E-state index in [-0.39, 0.29) is 21.8 Å². The first kappa shape index (κ1) is 16.2. The Morgan fingerprint density at radius 1 is 1.36 bits per heavy atom. The lowest BCUT2D eigenvalue weighted by Gasteiger charge is -2.24. The van der Waals surface area contributed by atoms with Gasteiger partial charge in [-0.05, 0) is 26.0 Å². The van der Waals surface area contributed by atoms with Crippen molar-refractivity contribution in [3.05, 3.63) is 57.2 Å². The highest BCUT2D eigenvalue weighted by Gasteiger charge is 2.32. The van der Waals surface area contributed by atoms with Gasteiger partial charge in [0.2, 0.25) is 5.91 Å². The maximum Gasteiger partial charge on any atom is 0.268 e. The maximum atomic E-state index is 14.0. The molecule has 0 radical (unpaired) electrons. The molecule has 1 aromatic heterocycles. The molecule has 0 atom stereocenters. The van der Waals surface area contributed by atoms with Crippen molar-refractivity contribution in [2.24, 2.45) is 7.05 Å². The van der Waals surface area contributed by atoms with E-state index in [9.17, 15) is 14.0 Å². The predicted molar refractivity (Wildman–Crippen MR) is 82.5 cm³/mol. The van der Waals surface area contributed by atoms with Gasteiger partial charge in [-0.15, -0.1) is 0 Å². The Bertz CT molecular complexity index is 787. The second-order valence-electron chi connectivity index (χ2n) is 5.41. The van der Waals surface area contributed by atoms with Crippen molar-refractivity contribution < 1.29 is 9.18 Å². The number of amides is 1. The summed E-state index contributed by atoms with van der Waals surface area (Å²) in [7, 11) is 1.50. The van der Waals surface area contributed by atoms with E-state index in [1.165, 1.54) is 31.4 Å². The summed E-state index contributed by atoms with van der Waals surface area (Å²) in [6.45, 7) is 3.17. The van der Waals surface area contributed by atoms with Crippen LogP contribution in [0.4, 0.5) is 10.1 Å². The van der Waals surface area contributed by atoms with Gasteiger partial charge in [0.25, 0.3) is 5.56 Å². The summed E-state index contributed by atoms with van der Waals surface area (Å²) in [5, 5.41) is 6.65. The van der Waals surface area contributed by atoms with Gasteiger partial charge in [-0.1, -0.05) is 17.7 Å². The first-order valence-electron chi connectivity index (χ1n) is 6.52. The van der Waals surface area contributed by atoms with E-state index < -0.39 is 17.1 Å². The molecule has 1 amide bonds. The zero-order valence-corrected chi connectivity index (χ0v) is 13.1. The first-order chi connectivity index (χ1) is 10.2. The Hall–Kier alpha value is -2.21. The minimum atomic E-state index is -1.14. The average Bonchev–Trinajstić information content (AvgIpc) is 2.42. The Balaban J connectivity index is 2.30. The summed E-state index contributed by atoms with van der Waals surface area (Å²) in [5.74, 6) is -1.02. The number of rotatable bonds is 3. The summed E-state index contributed by atoms with van der Waals surface area (Å²) in [4.78, 5) is 23.9. The van der Waals surface area contributed by atoms with Crippen molar-refractivity contribution in [3.8, 4) is 0 Å². The topological polar surface area (TPSA) is 64.0 Å². The molecular weight excluding hydrogens is 309 g/mol. The fraction of sp³-hybridized carbons (Fsp3) is 0.267. The van der Waals surface area contributed by atoms with E-state index >= 15 is 0 Å². The van der Waals surface area contributed by atoms with Gasteiger partial charge in [-0.2, -0.15) is 5.10 Å². The molecule has 0 aliphatic carbocycles. The highest BCUT2D eigenvalue weighted by molar-refractivity contribution is 6.30. The largest absolute Gasteiger partial charge is 0.324 e. The van der Waals surface area contributed by atoms with Crippen molar-refractivity contribution in [1.29, 1.82) is 0 Å². The Morgan fingerprint density at radius 3 is 2.64 bits per heavy atom. The van der Waals surface area contributed by atoms with E-state index in [4.69, 9.17) is 11.6 Å². The molecule has 7 heteroatoms. The molecule has 0 bridgehead atoms. The molecule has 2 rings (SSSR count). The molecule has 5 nitrogen and oxygen atoms in total. The van der Waals surface area contributed by atoms with Gasteiger partial charge in [-0.3, -0.25) is 9.59 Å². The second-order valence-corrected chi connectivity index (χ2v) is 5.85. The summed E-state index contributed by atoms with van der Waals surface area (Å²) in [6, 6.07) is 5.40. The number of carbonyl (C=O) groups excluding carboxylic acids is 1. The van der Waals surface area contributed by atoms with E-state index in [0.717, 1.165) is 10.7 Å². The van der Waals surface area contributed by atoms with Crippen LogP contribution in [0, 0.1) is 5.82 Å². The van der Waals surface area contributed by atoms with Crippen molar-refractivity contribution in [1.82, 2.24) is 9.78 Å². The fourth-order valence-electron chi connectivity index (χ4n) is 1.94. The SMILES string of the molecule is Cn1ncc(NC(=O)C(C)(C)c2ccc(Cl)cc2F)cc1=O. The number of carbonyl (C=O) groups is 1. The van der Waals surface area contributed by atoms with Crippen LogP contribution in [0.25, 0.3) is 0 Å². The van der Waals surface area contributed by atoms with Gasteiger partial charge in [0.1, 0.15) is 5.82 Å². The summed E-state index contributed by atoms with van der Waals surface area (Å²) < 4.78 is 15.2. The minimum Gasteiger partial charge on any atom is -0.324 e. The van der Waals surface area contributed by atoms with Gasteiger partial charge in [-0.25, -0.2) is 9.07 Å². The standard InChI is InChI=1S/C15H15ClFN3O2/c1-15(2,11-5-4-9(16)6-12(11)17)14(22)19-10-7-13(21)20(3)18-8-10/h4-8H,1-3H3,(H,19,22). The van der Waals surface area contributed by atoms with Crippen LogP contribution in [-0.4, -0.2) is 15.7 Å². The minimum absolute atomic E-state index is 0.214. The monoisotopic (exact) mass is 323 g/mol. The second kappa shape index (κ2) is 5.88. The molecule has 0 saturated carbocycles. The summed E-state index contributed by atoms with van der Waals surface area (Å²) >= 11 is 5.72. The molecule has 0 aliphatic rings. The van der Waals surface area contributed by atoms with E-state index in [2.05, 4.69) is 10.4 Å². The van der Waals surface area contributed by atoms with Gasteiger partial charge >= 0.3 is 0 Å². The third kappa shape index (κ3) is 3.17. The number of benzene rings is 1. The highest BCUT2D eigenvalue weighted by Crippen LogP contribution is 2.29. The lowest BCUT2D eigenvalue weighted by molar-refractivity contribution is -0.120. The number of halogens is 2. The number of aromatic nitrogens is 2. The lowest BCUT2D eigenvalue weighted by Crippen LogP contribution is -2.36. The Morgan fingerprint density at radius 2 is 2.05 bits per heavy atom. The average molecular weight is 324 g/mol. The van der Waals surface area contributed by atoms with Crippen LogP contribution in [0.3, 0.4) is 0 Å². The van der Waals surface area contributed by atoms with Crippen LogP contribution < -0.4 is 10.9 Å². The van der Waals surface area contributed by atoms with Crippen LogP contribution >= 0.6 is 11.6 Å². The van der Waals surface area contributed by atoms with Crippen LogP contribution in [0.1, 0.15) is 19.4 Å². The molecule has 116 valence electrons. The molecule has 0 aliphatic heterocycles. The highest BCUT2D eigenvalue weighted by atomic mass is 35.5. The molecule has 0 saturated heterocycles. The first-order valence-corrected chi connectivity index (χ1v) is 6.90. The quantitative estimate of drug-likeness (QED) is 0.944. The van der Waals surface area contributed by atoms with Crippen molar-refractivity contribution in [3.63, 3.8) is 0 Å². The zero-order valence-electron chi connectivity index (χ0n) is 12.4. The van der Waals surface area contributed by atoms with Gasteiger partial charge < -0.3 is 5.32 Å². The molecule has 1 aromatic carbocycles. The van der Waals surface area contributed by atoms with E-state index in [1.54, 1.807) is 13.8 Å². The molecule has 2 aromatic rings. The number of hydrogen-bond acceptors (Lipinski definition) is 3. The fourth-order valence-corrected chi connectivity index (χ4v) is 2.10. The molecule has 22 heavy (non-hydrogen) atoms. The Kier molecular flexibility index (Phi) is 4.32. The maximum absolute atomic E-state index is 14.0. The molecular formula is C15H15ClFN3O2. The van der Waals surface area contributed by atoms with Gasteiger partial charge in [0.05, 0.1) is 17.3 Å². The smallest absolute Gasteiger partial charge is 0.268 e. The van der Waals surface area contributed by atoms with Crippen molar-refractivity contribution in [2.45, 2.75) is 19.3 Å². The molecule has 1 N–H and O–H groups in total. The van der Waals surface area contributed by atoms with Crippen LogP contribution in [0.2, 0.25) is 5.02 Å².